The molecular weight excluding hydrogens is 430 g/mol. The van der Waals surface area contributed by atoms with Crippen LogP contribution in [0.2, 0.25) is 0 Å². The molecule has 4 rings (SSSR count). The summed E-state index contributed by atoms with van der Waals surface area (Å²) in [5, 5.41) is 10.1. The quantitative estimate of drug-likeness (QED) is 0.543. The first-order chi connectivity index (χ1) is 16.4. The second-order valence-corrected chi connectivity index (χ2v) is 8.71. The zero-order valence-electron chi connectivity index (χ0n) is 19.7. The Balaban J connectivity index is 1.54. The standard InChI is InChI=1S/C28H29NO5/c1-19-8-4-5-9-20(19)14-15-34-25-16-21(12-13-24(25)33-3)26(30)29(2)28(27(31)32)17-22-10-6-7-11-23(22)18-28/h4-13,16H,14-15,17-18H2,1-3H3,(H,31,32). The summed E-state index contributed by atoms with van der Waals surface area (Å²) >= 11 is 0. The molecular formula is C28H29NO5. The zero-order chi connectivity index (χ0) is 24.3. The number of likely N-dealkylation sites (N-methyl/N-ethyl adjacent to an activating group) is 1. The molecule has 0 heterocycles. The maximum absolute atomic E-state index is 13.5. The number of methoxy groups -OCH3 is 1. The molecule has 0 atom stereocenters. The molecule has 0 saturated heterocycles. The Kier molecular flexibility index (Phi) is 6.59. The van der Waals surface area contributed by atoms with Gasteiger partial charge in [0.15, 0.2) is 11.5 Å². The Hall–Kier alpha value is -3.80. The van der Waals surface area contributed by atoms with Gasteiger partial charge in [0.2, 0.25) is 0 Å². The van der Waals surface area contributed by atoms with E-state index in [1.807, 2.05) is 36.4 Å². The predicted octanol–water partition coefficient (Wildman–Crippen LogP) is 4.32. The number of carboxylic acids is 1. The fourth-order valence-corrected chi connectivity index (χ4v) is 4.60. The monoisotopic (exact) mass is 459 g/mol. The number of nitrogens with zero attached hydrogens (tertiary/aromatic N) is 1. The summed E-state index contributed by atoms with van der Waals surface area (Å²) < 4.78 is 11.4. The number of ether oxygens (including phenoxy) is 2. The third kappa shape index (κ3) is 4.36. The van der Waals surface area contributed by atoms with Crippen LogP contribution in [-0.4, -0.2) is 48.2 Å². The molecule has 0 bridgehead atoms. The van der Waals surface area contributed by atoms with E-state index in [4.69, 9.17) is 9.47 Å². The van der Waals surface area contributed by atoms with Crippen molar-refractivity contribution in [2.24, 2.45) is 0 Å². The number of carbonyl (C=O) groups excluding carboxylic acids is 1. The molecule has 1 amide bonds. The molecule has 1 N–H and O–H groups in total. The molecule has 0 aliphatic heterocycles. The van der Waals surface area contributed by atoms with Crippen LogP contribution in [0.15, 0.2) is 66.7 Å². The molecule has 0 fully saturated rings. The van der Waals surface area contributed by atoms with Crippen molar-refractivity contribution in [3.63, 3.8) is 0 Å². The first kappa shape index (κ1) is 23.4. The second kappa shape index (κ2) is 9.59. The predicted molar refractivity (Wildman–Crippen MR) is 130 cm³/mol. The average Bonchev–Trinajstić information content (AvgIpc) is 3.25. The lowest BCUT2D eigenvalue weighted by Gasteiger charge is -2.35. The number of fused-ring (bicyclic) bond motifs is 1. The minimum Gasteiger partial charge on any atom is -0.493 e. The fourth-order valence-electron chi connectivity index (χ4n) is 4.60. The number of hydrogen-bond acceptors (Lipinski definition) is 4. The summed E-state index contributed by atoms with van der Waals surface area (Å²) in [6.45, 7) is 2.48. The smallest absolute Gasteiger partial charge is 0.330 e. The molecule has 0 unspecified atom stereocenters. The molecule has 0 radical (unpaired) electrons. The number of hydrogen-bond donors (Lipinski definition) is 1. The van der Waals surface area contributed by atoms with Gasteiger partial charge in [0.25, 0.3) is 5.91 Å². The van der Waals surface area contributed by atoms with Crippen LogP contribution in [0.4, 0.5) is 0 Å². The van der Waals surface area contributed by atoms with E-state index in [0.717, 1.165) is 11.1 Å². The Morgan fingerprint density at radius 3 is 2.24 bits per heavy atom. The lowest BCUT2D eigenvalue weighted by Crippen LogP contribution is -2.56. The highest BCUT2D eigenvalue weighted by molar-refractivity contribution is 5.98. The summed E-state index contributed by atoms with van der Waals surface area (Å²) in [5.74, 6) is -0.413. The summed E-state index contributed by atoms with van der Waals surface area (Å²) in [7, 11) is 3.11. The normalized spacial score (nSPS) is 13.7. The number of amides is 1. The van der Waals surface area contributed by atoms with Crippen molar-refractivity contribution < 1.29 is 24.2 Å². The molecule has 176 valence electrons. The lowest BCUT2D eigenvalue weighted by molar-refractivity contribution is -0.148. The van der Waals surface area contributed by atoms with Crippen LogP contribution in [-0.2, 0) is 24.1 Å². The van der Waals surface area contributed by atoms with E-state index in [2.05, 4.69) is 19.1 Å². The molecule has 1 aliphatic rings. The molecule has 0 spiro atoms. The highest BCUT2D eigenvalue weighted by Gasteiger charge is 2.49. The Labute approximate surface area is 199 Å². The van der Waals surface area contributed by atoms with Crippen molar-refractivity contribution in [3.05, 3.63) is 94.5 Å². The van der Waals surface area contributed by atoms with Gasteiger partial charge in [-0.25, -0.2) is 4.79 Å². The molecule has 3 aromatic carbocycles. The highest BCUT2D eigenvalue weighted by atomic mass is 16.5. The van der Waals surface area contributed by atoms with Crippen molar-refractivity contribution in [2.75, 3.05) is 20.8 Å². The summed E-state index contributed by atoms with van der Waals surface area (Å²) in [6.07, 6.45) is 1.27. The maximum atomic E-state index is 13.5. The molecule has 0 aromatic heterocycles. The third-order valence-corrected chi connectivity index (χ3v) is 6.73. The van der Waals surface area contributed by atoms with Gasteiger partial charge in [0.05, 0.1) is 13.7 Å². The van der Waals surface area contributed by atoms with Crippen LogP contribution in [0, 0.1) is 6.92 Å². The van der Waals surface area contributed by atoms with Crippen molar-refractivity contribution in [2.45, 2.75) is 31.7 Å². The number of benzene rings is 3. The number of aliphatic carboxylic acids is 1. The first-order valence-corrected chi connectivity index (χ1v) is 11.3. The average molecular weight is 460 g/mol. The van der Waals surface area contributed by atoms with Gasteiger partial charge < -0.3 is 19.5 Å². The zero-order valence-corrected chi connectivity index (χ0v) is 19.7. The van der Waals surface area contributed by atoms with E-state index in [9.17, 15) is 14.7 Å². The number of rotatable bonds is 8. The maximum Gasteiger partial charge on any atom is 0.330 e. The first-order valence-electron chi connectivity index (χ1n) is 11.3. The number of carbonyl (C=O) groups is 2. The van der Waals surface area contributed by atoms with Gasteiger partial charge in [-0.05, 0) is 47.4 Å². The SMILES string of the molecule is COc1ccc(C(=O)N(C)C2(C(=O)O)Cc3ccccc3C2)cc1OCCc1ccccc1C. The van der Waals surface area contributed by atoms with Gasteiger partial charge in [-0.1, -0.05) is 48.5 Å². The molecule has 6 heteroatoms. The number of carboxylic acid groups (broad SMARTS) is 1. The summed E-state index contributed by atoms with van der Waals surface area (Å²) in [6, 6.07) is 20.7. The number of aryl methyl sites for hydroxylation is 1. The van der Waals surface area contributed by atoms with Crippen molar-refractivity contribution in [3.8, 4) is 11.5 Å². The third-order valence-electron chi connectivity index (χ3n) is 6.73. The van der Waals surface area contributed by atoms with E-state index in [1.54, 1.807) is 32.4 Å². The van der Waals surface area contributed by atoms with Gasteiger partial charge in [0, 0.05) is 31.9 Å². The van der Waals surface area contributed by atoms with Crippen molar-refractivity contribution in [1.29, 1.82) is 0 Å². The van der Waals surface area contributed by atoms with Gasteiger partial charge in [-0.15, -0.1) is 0 Å². The van der Waals surface area contributed by atoms with Gasteiger partial charge in [0.1, 0.15) is 5.54 Å². The van der Waals surface area contributed by atoms with Crippen LogP contribution in [0.25, 0.3) is 0 Å². The van der Waals surface area contributed by atoms with E-state index < -0.39 is 11.5 Å². The fraction of sp³-hybridized carbons (Fsp3) is 0.286. The molecule has 34 heavy (non-hydrogen) atoms. The molecule has 0 saturated carbocycles. The summed E-state index contributed by atoms with van der Waals surface area (Å²) in [4.78, 5) is 27.2. The molecule has 1 aliphatic carbocycles. The van der Waals surface area contributed by atoms with Gasteiger partial charge >= 0.3 is 5.97 Å². The van der Waals surface area contributed by atoms with Crippen LogP contribution in [0.3, 0.4) is 0 Å². The van der Waals surface area contributed by atoms with Crippen LogP contribution >= 0.6 is 0 Å². The van der Waals surface area contributed by atoms with E-state index in [-0.39, 0.29) is 18.7 Å². The topological polar surface area (TPSA) is 76.1 Å². The largest absolute Gasteiger partial charge is 0.493 e. The van der Waals surface area contributed by atoms with Crippen LogP contribution < -0.4 is 9.47 Å². The summed E-state index contributed by atoms with van der Waals surface area (Å²) in [5.41, 5.74) is 3.33. The highest BCUT2D eigenvalue weighted by Crippen LogP contribution is 2.36. The minimum absolute atomic E-state index is 0.274. The van der Waals surface area contributed by atoms with Gasteiger partial charge in [-0.3, -0.25) is 4.79 Å². The minimum atomic E-state index is -1.33. The van der Waals surface area contributed by atoms with Crippen molar-refractivity contribution >= 4 is 11.9 Å². The Bertz CT molecular complexity index is 1190. The van der Waals surface area contributed by atoms with Crippen LogP contribution in [0.1, 0.15) is 32.6 Å². The van der Waals surface area contributed by atoms with Gasteiger partial charge in [-0.2, -0.15) is 0 Å². The second-order valence-electron chi connectivity index (χ2n) is 8.71. The lowest BCUT2D eigenvalue weighted by atomic mass is 9.93. The van der Waals surface area contributed by atoms with Crippen molar-refractivity contribution in [1.82, 2.24) is 4.90 Å². The van der Waals surface area contributed by atoms with E-state index in [0.29, 0.717) is 30.1 Å². The molecule has 6 nitrogen and oxygen atoms in total. The van der Waals surface area contributed by atoms with Crippen LogP contribution in [0.5, 0.6) is 11.5 Å². The molecule has 3 aromatic rings. The Morgan fingerprint density at radius 2 is 1.62 bits per heavy atom. The Morgan fingerprint density at radius 1 is 0.971 bits per heavy atom. The van der Waals surface area contributed by atoms with E-state index in [1.165, 1.54) is 16.0 Å². The van der Waals surface area contributed by atoms with E-state index >= 15 is 0 Å².